The molecule has 0 amide bonds. The first-order valence-electron chi connectivity index (χ1n) is 7.00. The SMILES string of the molecule is CC1CNc2ccc(CN3CCN(C)CC3)cc21. The number of hydrogen-bond donors (Lipinski definition) is 1. The molecule has 3 rings (SSSR count). The van der Waals surface area contributed by atoms with Gasteiger partial charge in [0.25, 0.3) is 0 Å². The fourth-order valence-corrected chi connectivity index (χ4v) is 2.92. The normalized spacial score (nSPS) is 24.9. The Morgan fingerprint density at radius 1 is 1.22 bits per heavy atom. The predicted molar refractivity (Wildman–Crippen MR) is 76.1 cm³/mol. The molecule has 0 spiro atoms. The lowest BCUT2D eigenvalue weighted by atomic mass is 10.0. The van der Waals surface area contributed by atoms with E-state index in [1.807, 2.05) is 0 Å². The molecule has 1 fully saturated rings. The van der Waals surface area contributed by atoms with E-state index in [1.54, 1.807) is 0 Å². The molecule has 98 valence electrons. The van der Waals surface area contributed by atoms with Gasteiger partial charge in [-0.25, -0.2) is 0 Å². The van der Waals surface area contributed by atoms with Crippen LogP contribution in [-0.4, -0.2) is 49.6 Å². The Labute approximate surface area is 110 Å². The summed E-state index contributed by atoms with van der Waals surface area (Å²) in [7, 11) is 2.21. The summed E-state index contributed by atoms with van der Waals surface area (Å²) in [4.78, 5) is 4.97. The summed E-state index contributed by atoms with van der Waals surface area (Å²) < 4.78 is 0. The molecule has 3 heteroatoms. The number of nitrogens with one attached hydrogen (secondary N) is 1. The lowest BCUT2D eigenvalue weighted by Crippen LogP contribution is -2.43. The minimum Gasteiger partial charge on any atom is -0.384 e. The van der Waals surface area contributed by atoms with E-state index >= 15 is 0 Å². The van der Waals surface area contributed by atoms with Crippen molar-refractivity contribution in [3.05, 3.63) is 29.3 Å². The highest BCUT2D eigenvalue weighted by Gasteiger charge is 2.19. The van der Waals surface area contributed by atoms with Gasteiger partial charge in [0.1, 0.15) is 0 Å². The standard InChI is InChI=1S/C15H23N3/c1-12-10-16-15-4-3-13(9-14(12)15)11-18-7-5-17(2)6-8-18/h3-4,9,12,16H,5-8,10-11H2,1-2H3. The topological polar surface area (TPSA) is 18.5 Å². The summed E-state index contributed by atoms with van der Waals surface area (Å²) in [6.07, 6.45) is 0. The van der Waals surface area contributed by atoms with E-state index in [0.717, 1.165) is 13.1 Å². The highest BCUT2D eigenvalue weighted by Crippen LogP contribution is 2.31. The average Bonchev–Trinajstić information content (AvgIpc) is 2.74. The molecule has 2 aliphatic rings. The maximum absolute atomic E-state index is 3.47. The van der Waals surface area contributed by atoms with Crippen LogP contribution in [0.3, 0.4) is 0 Å². The van der Waals surface area contributed by atoms with Crippen molar-refractivity contribution in [3.63, 3.8) is 0 Å². The van der Waals surface area contributed by atoms with Gasteiger partial charge in [-0.05, 0) is 24.2 Å². The number of anilines is 1. The van der Waals surface area contributed by atoms with Crippen LogP contribution in [0.25, 0.3) is 0 Å². The van der Waals surface area contributed by atoms with Crippen molar-refractivity contribution >= 4 is 5.69 Å². The number of rotatable bonds is 2. The summed E-state index contributed by atoms with van der Waals surface area (Å²) in [5.41, 5.74) is 4.31. The second-order valence-electron chi connectivity index (χ2n) is 5.78. The second-order valence-corrected chi connectivity index (χ2v) is 5.78. The minimum absolute atomic E-state index is 0.660. The summed E-state index contributed by atoms with van der Waals surface area (Å²) in [5.74, 6) is 0.660. The Kier molecular flexibility index (Phi) is 3.27. The Bertz CT molecular complexity index is 422. The maximum atomic E-state index is 3.47. The van der Waals surface area contributed by atoms with Gasteiger partial charge in [-0.1, -0.05) is 19.1 Å². The Morgan fingerprint density at radius 3 is 2.78 bits per heavy atom. The van der Waals surface area contributed by atoms with Crippen LogP contribution in [0.15, 0.2) is 18.2 Å². The van der Waals surface area contributed by atoms with Crippen molar-refractivity contribution in [1.82, 2.24) is 9.80 Å². The summed E-state index contributed by atoms with van der Waals surface area (Å²) >= 11 is 0. The average molecular weight is 245 g/mol. The van der Waals surface area contributed by atoms with Crippen LogP contribution in [0.2, 0.25) is 0 Å². The molecule has 1 aromatic rings. The molecule has 0 aliphatic carbocycles. The fourth-order valence-electron chi connectivity index (χ4n) is 2.92. The molecule has 2 heterocycles. The molecular weight excluding hydrogens is 222 g/mol. The van der Waals surface area contributed by atoms with Gasteiger partial charge in [-0.15, -0.1) is 0 Å². The first kappa shape index (κ1) is 12.0. The van der Waals surface area contributed by atoms with Crippen molar-refractivity contribution in [3.8, 4) is 0 Å². The maximum Gasteiger partial charge on any atom is 0.0376 e. The van der Waals surface area contributed by atoms with Crippen molar-refractivity contribution in [2.45, 2.75) is 19.4 Å². The van der Waals surface area contributed by atoms with Crippen LogP contribution in [0.1, 0.15) is 24.0 Å². The Morgan fingerprint density at radius 2 is 2.00 bits per heavy atom. The van der Waals surface area contributed by atoms with E-state index in [2.05, 4.69) is 47.3 Å². The van der Waals surface area contributed by atoms with Gasteiger partial charge in [0, 0.05) is 50.9 Å². The molecule has 0 bridgehead atoms. The minimum atomic E-state index is 0.660. The van der Waals surface area contributed by atoms with Crippen molar-refractivity contribution in [2.75, 3.05) is 45.1 Å². The van der Waals surface area contributed by atoms with Gasteiger partial charge in [-0.2, -0.15) is 0 Å². The largest absolute Gasteiger partial charge is 0.384 e. The lowest BCUT2D eigenvalue weighted by molar-refractivity contribution is 0.148. The zero-order valence-corrected chi connectivity index (χ0v) is 11.4. The number of piperazine rings is 1. The first-order valence-corrected chi connectivity index (χ1v) is 7.00. The van der Waals surface area contributed by atoms with E-state index in [4.69, 9.17) is 0 Å². The second kappa shape index (κ2) is 4.90. The van der Waals surface area contributed by atoms with E-state index in [-0.39, 0.29) is 0 Å². The lowest BCUT2D eigenvalue weighted by Gasteiger charge is -2.32. The van der Waals surface area contributed by atoms with Crippen molar-refractivity contribution < 1.29 is 0 Å². The molecule has 18 heavy (non-hydrogen) atoms. The van der Waals surface area contributed by atoms with Gasteiger partial charge in [0.05, 0.1) is 0 Å². The van der Waals surface area contributed by atoms with Gasteiger partial charge >= 0.3 is 0 Å². The molecule has 1 N–H and O–H groups in total. The van der Waals surface area contributed by atoms with Crippen LogP contribution < -0.4 is 5.32 Å². The third-order valence-corrected chi connectivity index (χ3v) is 4.25. The van der Waals surface area contributed by atoms with Gasteiger partial charge < -0.3 is 10.2 Å². The number of nitrogens with zero attached hydrogens (tertiary/aromatic N) is 2. The molecule has 0 saturated carbocycles. The van der Waals surface area contributed by atoms with E-state index in [9.17, 15) is 0 Å². The van der Waals surface area contributed by atoms with E-state index < -0.39 is 0 Å². The highest BCUT2D eigenvalue weighted by molar-refractivity contribution is 5.58. The van der Waals surface area contributed by atoms with Crippen molar-refractivity contribution in [2.24, 2.45) is 0 Å². The highest BCUT2D eigenvalue weighted by atomic mass is 15.2. The van der Waals surface area contributed by atoms with Crippen molar-refractivity contribution in [1.29, 1.82) is 0 Å². The molecule has 3 nitrogen and oxygen atoms in total. The molecule has 0 aromatic heterocycles. The molecule has 1 aromatic carbocycles. The summed E-state index contributed by atoms with van der Waals surface area (Å²) in [6, 6.07) is 6.94. The van der Waals surface area contributed by atoms with Crippen LogP contribution in [-0.2, 0) is 6.54 Å². The zero-order valence-electron chi connectivity index (χ0n) is 11.4. The zero-order chi connectivity index (χ0) is 12.5. The fraction of sp³-hybridized carbons (Fsp3) is 0.600. The monoisotopic (exact) mass is 245 g/mol. The first-order chi connectivity index (χ1) is 8.72. The third kappa shape index (κ3) is 2.38. The number of benzene rings is 1. The van der Waals surface area contributed by atoms with Crippen LogP contribution in [0, 0.1) is 0 Å². The van der Waals surface area contributed by atoms with E-state index in [0.29, 0.717) is 5.92 Å². The number of likely N-dealkylation sites (N-methyl/N-ethyl adjacent to an activating group) is 1. The quantitative estimate of drug-likeness (QED) is 0.859. The Hall–Kier alpha value is -1.06. The number of hydrogen-bond acceptors (Lipinski definition) is 3. The molecule has 2 aliphatic heterocycles. The predicted octanol–water partition coefficient (Wildman–Crippen LogP) is 1.96. The molecule has 1 atom stereocenters. The molecule has 1 saturated heterocycles. The molecule has 0 radical (unpaired) electrons. The van der Waals surface area contributed by atoms with Gasteiger partial charge in [0.15, 0.2) is 0 Å². The summed E-state index contributed by atoms with van der Waals surface area (Å²) in [5, 5.41) is 3.47. The van der Waals surface area contributed by atoms with Gasteiger partial charge in [-0.3, -0.25) is 4.90 Å². The van der Waals surface area contributed by atoms with E-state index in [1.165, 1.54) is 43.0 Å². The van der Waals surface area contributed by atoms with Crippen LogP contribution in [0.5, 0.6) is 0 Å². The molecule has 1 unspecified atom stereocenters. The molecular formula is C15H23N3. The summed E-state index contributed by atoms with van der Waals surface area (Å²) in [6.45, 7) is 9.29. The van der Waals surface area contributed by atoms with Crippen LogP contribution >= 0.6 is 0 Å². The van der Waals surface area contributed by atoms with Crippen LogP contribution in [0.4, 0.5) is 5.69 Å². The number of fused-ring (bicyclic) bond motifs is 1. The third-order valence-electron chi connectivity index (χ3n) is 4.25. The Balaban J connectivity index is 1.68. The van der Waals surface area contributed by atoms with Gasteiger partial charge in [0.2, 0.25) is 0 Å². The smallest absolute Gasteiger partial charge is 0.0376 e.